The molecule has 2 aromatic heterocycles. The SMILES string of the molecule is C[C@@H]1CN(c2cccc(Nc3cc(-c4ccc5c(cnn5C5CCC5)c4)ccn3)c2)C[C@H](C)O1. The number of ether oxygens (including phenoxy) is 1. The van der Waals surface area contributed by atoms with E-state index in [1.54, 1.807) is 0 Å². The van der Waals surface area contributed by atoms with Gasteiger partial charge in [-0.2, -0.15) is 5.10 Å². The number of hydrogen-bond acceptors (Lipinski definition) is 5. The summed E-state index contributed by atoms with van der Waals surface area (Å²) in [7, 11) is 0. The van der Waals surface area contributed by atoms with E-state index >= 15 is 0 Å². The number of pyridine rings is 1. The highest BCUT2D eigenvalue weighted by molar-refractivity contribution is 5.85. The van der Waals surface area contributed by atoms with E-state index in [4.69, 9.17) is 4.74 Å². The molecule has 1 aliphatic carbocycles. The van der Waals surface area contributed by atoms with Crippen LogP contribution < -0.4 is 10.2 Å². The highest BCUT2D eigenvalue weighted by atomic mass is 16.5. The van der Waals surface area contributed by atoms with E-state index in [9.17, 15) is 0 Å². The molecule has 3 heterocycles. The van der Waals surface area contributed by atoms with Crippen molar-refractivity contribution in [2.45, 2.75) is 51.4 Å². The van der Waals surface area contributed by atoms with Crippen molar-refractivity contribution in [3.63, 3.8) is 0 Å². The average Bonchev–Trinajstić information content (AvgIpc) is 3.20. The number of rotatable bonds is 5. The zero-order chi connectivity index (χ0) is 23.1. The third-order valence-corrected chi connectivity index (χ3v) is 7.01. The molecule has 34 heavy (non-hydrogen) atoms. The van der Waals surface area contributed by atoms with Gasteiger partial charge < -0.3 is 15.0 Å². The number of hydrogen-bond donors (Lipinski definition) is 1. The van der Waals surface area contributed by atoms with Crippen molar-refractivity contribution in [1.29, 1.82) is 0 Å². The van der Waals surface area contributed by atoms with Crippen molar-refractivity contribution >= 4 is 28.1 Å². The fraction of sp³-hybridized carbons (Fsp3) is 0.357. The molecule has 1 aliphatic heterocycles. The fourth-order valence-electron chi connectivity index (χ4n) is 5.15. The van der Waals surface area contributed by atoms with Gasteiger partial charge in [0.15, 0.2) is 0 Å². The number of fused-ring (bicyclic) bond motifs is 1. The molecule has 2 aliphatic rings. The van der Waals surface area contributed by atoms with Gasteiger partial charge in [-0.25, -0.2) is 4.98 Å². The first kappa shape index (κ1) is 21.2. The predicted molar refractivity (Wildman–Crippen MR) is 138 cm³/mol. The van der Waals surface area contributed by atoms with Crippen molar-refractivity contribution in [1.82, 2.24) is 14.8 Å². The minimum Gasteiger partial charge on any atom is -0.372 e. The van der Waals surface area contributed by atoms with Gasteiger partial charge in [-0.1, -0.05) is 12.1 Å². The molecule has 6 heteroatoms. The topological polar surface area (TPSA) is 55.2 Å². The van der Waals surface area contributed by atoms with E-state index in [1.165, 1.54) is 41.4 Å². The number of aromatic nitrogens is 3. The molecule has 6 nitrogen and oxygen atoms in total. The highest BCUT2D eigenvalue weighted by Crippen LogP contribution is 2.35. The zero-order valence-corrected chi connectivity index (χ0v) is 19.8. The zero-order valence-electron chi connectivity index (χ0n) is 19.8. The second kappa shape index (κ2) is 8.76. The Morgan fingerprint density at radius 3 is 2.56 bits per heavy atom. The number of benzene rings is 2. The van der Waals surface area contributed by atoms with Crippen molar-refractivity contribution in [3.8, 4) is 11.1 Å². The second-order valence-electron chi connectivity index (χ2n) is 9.71. The summed E-state index contributed by atoms with van der Waals surface area (Å²) < 4.78 is 8.09. The highest BCUT2D eigenvalue weighted by Gasteiger charge is 2.23. The van der Waals surface area contributed by atoms with Crippen LogP contribution in [-0.2, 0) is 4.74 Å². The maximum atomic E-state index is 5.89. The molecule has 1 N–H and O–H groups in total. The Labute approximate surface area is 200 Å². The van der Waals surface area contributed by atoms with Crippen molar-refractivity contribution in [2.75, 3.05) is 23.3 Å². The number of nitrogens with one attached hydrogen (secondary N) is 1. The van der Waals surface area contributed by atoms with Crippen LogP contribution in [0.4, 0.5) is 17.2 Å². The van der Waals surface area contributed by atoms with Crippen LogP contribution in [-0.4, -0.2) is 40.1 Å². The predicted octanol–water partition coefficient (Wildman–Crippen LogP) is 6.18. The number of morpholine rings is 1. The largest absolute Gasteiger partial charge is 0.372 e. The van der Waals surface area contributed by atoms with Gasteiger partial charge in [-0.3, -0.25) is 4.68 Å². The normalized spacial score (nSPS) is 20.9. The smallest absolute Gasteiger partial charge is 0.130 e. The third-order valence-electron chi connectivity index (χ3n) is 7.01. The van der Waals surface area contributed by atoms with Crippen LogP contribution in [0.3, 0.4) is 0 Å². The molecule has 1 saturated carbocycles. The quantitative estimate of drug-likeness (QED) is 0.391. The van der Waals surface area contributed by atoms with Gasteiger partial charge in [-0.15, -0.1) is 0 Å². The molecule has 4 aromatic rings. The Morgan fingerprint density at radius 2 is 1.76 bits per heavy atom. The number of anilines is 3. The monoisotopic (exact) mass is 453 g/mol. The first-order chi connectivity index (χ1) is 16.6. The van der Waals surface area contributed by atoms with Crippen LogP contribution in [0, 0.1) is 0 Å². The van der Waals surface area contributed by atoms with Crippen molar-refractivity contribution < 1.29 is 4.74 Å². The maximum Gasteiger partial charge on any atom is 0.130 e. The summed E-state index contributed by atoms with van der Waals surface area (Å²) in [4.78, 5) is 6.97. The van der Waals surface area contributed by atoms with Crippen LogP contribution in [0.5, 0.6) is 0 Å². The molecule has 0 radical (unpaired) electrons. The summed E-state index contributed by atoms with van der Waals surface area (Å²) in [6, 6.07) is 19.9. The summed E-state index contributed by atoms with van der Waals surface area (Å²) in [6.45, 7) is 6.08. The molecular formula is C28H31N5O. The van der Waals surface area contributed by atoms with E-state index in [0.717, 1.165) is 30.2 Å². The Hall–Kier alpha value is -3.38. The van der Waals surface area contributed by atoms with Crippen molar-refractivity contribution in [3.05, 3.63) is 67.0 Å². The minimum atomic E-state index is 0.233. The molecule has 174 valence electrons. The summed E-state index contributed by atoms with van der Waals surface area (Å²) >= 11 is 0. The number of nitrogens with zero attached hydrogens (tertiary/aromatic N) is 4. The van der Waals surface area contributed by atoms with Crippen LogP contribution in [0.15, 0.2) is 67.0 Å². The Morgan fingerprint density at radius 1 is 0.941 bits per heavy atom. The van der Waals surface area contributed by atoms with Gasteiger partial charge in [0.2, 0.25) is 0 Å². The summed E-state index contributed by atoms with van der Waals surface area (Å²) in [5.74, 6) is 0.837. The second-order valence-corrected chi connectivity index (χ2v) is 9.71. The molecule has 0 unspecified atom stereocenters. The molecule has 0 bridgehead atoms. The van der Waals surface area contributed by atoms with E-state index in [0.29, 0.717) is 6.04 Å². The lowest BCUT2D eigenvalue weighted by Crippen LogP contribution is -2.45. The van der Waals surface area contributed by atoms with Crippen LogP contribution in [0.25, 0.3) is 22.0 Å². The third kappa shape index (κ3) is 4.14. The maximum absolute atomic E-state index is 5.89. The fourth-order valence-corrected chi connectivity index (χ4v) is 5.15. The first-order valence-corrected chi connectivity index (χ1v) is 12.3. The van der Waals surface area contributed by atoms with E-state index < -0.39 is 0 Å². The van der Waals surface area contributed by atoms with Gasteiger partial charge in [0, 0.05) is 36.0 Å². The van der Waals surface area contributed by atoms with Crippen LogP contribution >= 0.6 is 0 Å². The molecule has 0 spiro atoms. The molecular weight excluding hydrogens is 422 g/mol. The van der Waals surface area contributed by atoms with Gasteiger partial charge >= 0.3 is 0 Å². The Kier molecular flexibility index (Phi) is 5.46. The lowest BCUT2D eigenvalue weighted by Gasteiger charge is -2.37. The average molecular weight is 454 g/mol. The standard InChI is InChI=1S/C28H31N5O/c1-19-17-32(18-20(2)34-19)26-8-3-5-24(15-26)31-28-14-22(11-12-29-28)21-9-10-27-23(13-21)16-30-33(27)25-6-4-7-25/h3,5,8-16,19-20,25H,4,6-7,17-18H2,1-2H3,(H,29,31)/t19-,20+. The Bertz CT molecular complexity index is 1300. The Balaban J connectivity index is 1.23. The lowest BCUT2D eigenvalue weighted by atomic mass is 9.93. The van der Waals surface area contributed by atoms with Crippen LogP contribution in [0.2, 0.25) is 0 Å². The van der Waals surface area contributed by atoms with E-state index in [2.05, 4.69) is 93.4 Å². The summed E-state index contributed by atoms with van der Waals surface area (Å²) in [5, 5.41) is 9.36. The molecule has 0 amide bonds. The lowest BCUT2D eigenvalue weighted by molar-refractivity contribution is -0.00521. The summed E-state index contributed by atoms with van der Waals surface area (Å²) in [5.41, 5.74) is 5.78. The van der Waals surface area contributed by atoms with Gasteiger partial charge in [0.05, 0.1) is 30.0 Å². The molecule has 6 rings (SSSR count). The van der Waals surface area contributed by atoms with E-state index in [-0.39, 0.29) is 12.2 Å². The van der Waals surface area contributed by atoms with Crippen molar-refractivity contribution in [2.24, 2.45) is 0 Å². The van der Waals surface area contributed by atoms with Gasteiger partial charge in [0.25, 0.3) is 0 Å². The van der Waals surface area contributed by atoms with Gasteiger partial charge in [-0.05, 0) is 86.7 Å². The van der Waals surface area contributed by atoms with Crippen LogP contribution in [0.1, 0.15) is 39.2 Å². The van der Waals surface area contributed by atoms with Gasteiger partial charge in [0.1, 0.15) is 5.82 Å². The summed E-state index contributed by atoms with van der Waals surface area (Å²) in [6.07, 6.45) is 8.12. The van der Waals surface area contributed by atoms with E-state index in [1.807, 2.05) is 12.4 Å². The first-order valence-electron chi connectivity index (χ1n) is 12.3. The molecule has 1 saturated heterocycles. The molecule has 2 fully saturated rings. The molecule has 2 atom stereocenters. The minimum absolute atomic E-state index is 0.233. The molecule has 2 aromatic carbocycles.